The Morgan fingerprint density at radius 3 is 2.79 bits per heavy atom. The molecule has 1 aromatic rings. The van der Waals surface area contributed by atoms with Crippen LogP contribution in [-0.4, -0.2) is 46.6 Å². The number of nitrogens with one attached hydrogen (secondary N) is 1. The van der Waals surface area contributed by atoms with Crippen LogP contribution in [0.3, 0.4) is 0 Å². The molecule has 0 saturated carbocycles. The van der Waals surface area contributed by atoms with Gasteiger partial charge in [0.05, 0.1) is 34.0 Å². The standard InChI is InChI=1S/C14H21NO4/c1-16-12-4-3-5-13(14(12)17-2)19-8-6-11-10-18-9-7-15-11/h3-5,11,15H,6-10H2,1-2H3. The average molecular weight is 267 g/mol. The summed E-state index contributed by atoms with van der Waals surface area (Å²) in [7, 11) is 3.23. The lowest BCUT2D eigenvalue weighted by atomic mass is 10.2. The van der Waals surface area contributed by atoms with E-state index in [1.54, 1.807) is 14.2 Å². The molecule has 1 aromatic carbocycles. The van der Waals surface area contributed by atoms with Crippen molar-refractivity contribution in [2.75, 3.05) is 40.6 Å². The molecule has 1 heterocycles. The molecular weight excluding hydrogens is 246 g/mol. The second-order valence-corrected chi connectivity index (χ2v) is 4.35. The molecule has 0 spiro atoms. The summed E-state index contributed by atoms with van der Waals surface area (Å²) in [6.07, 6.45) is 0.903. The third-order valence-electron chi connectivity index (χ3n) is 3.09. The Hall–Kier alpha value is -1.46. The third-order valence-corrected chi connectivity index (χ3v) is 3.09. The van der Waals surface area contributed by atoms with E-state index in [1.807, 2.05) is 18.2 Å². The van der Waals surface area contributed by atoms with E-state index in [2.05, 4.69) is 5.32 Å². The predicted molar refractivity (Wildman–Crippen MR) is 72.3 cm³/mol. The van der Waals surface area contributed by atoms with Crippen molar-refractivity contribution >= 4 is 0 Å². The maximum Gasteiger partial charge on any atom is 0.203 e. The number of morpholine rings is 1. The summed E-state index contributed by atoms with van der Waals surface area (Å²) in [6.45, 7) is 3.07. The van der Waals surface area contributed by atoms with Gasteiger partial charge in [-0.15, -0.1) is 0 Å². The van der Waals surface area contributed by atoms with E-state index in [-0.39, 0.29) is 0 Å². The average Bonchev–Trinajstić information content (AvgIpc) is 2.48. The fraction of sp³-hybridized carbons (Fsp3) is 0.571. The molecule has 5 nitrogen and oxygen atoms in total. The zero-order valence-corrected chi connectivity index (χ0v) is 11.5. The Balaban J connectivity index is 1.88. The topological polar surface area (TPSA) is 49.0 Å². The molecule has 0 aliphatic carbocycles. The van der Waals surface area contributed by atoms with Crippen LogP contribution in [0.1, 0.15) is 6.42 Å². The molecule has 0 amide bonds. The minimum Gasteiger partial charge on any atom is -0.493 e. The fourth-order valence-corrected chi connectivity index (χ4v) is 2.09. The van der Waals surface area contributed by atoms with Crippen molar-refractivity contribution < 1.29 is 18.9 Å². The quantitative estimate of drug-likeness (QED) is 0.845. The molecule has 19 heavy (non-hydrogen) atoms. The highest BCUT2D eigenvalue weighted by Gasteiger charge is 2.14. The summed E-state index contributed by atoms with van der Waals surface area (Å²) >= 11 is 0. The van der Waals surface area contributed by atoms with Crippen molar-refractivity contribution in [1.82, 2.24) is 5.32 Å². The van der Waals surface area contributed by atoms with Crippen LogP contribution >= 0.6 is 0 Å². The van der Waals surface area contributed by atoms with Gasteiger partial charge in [-0.25, -0.2) is 0 Å². The maximum atomic E-state index is 5.77. The van der Waals surface area contributed by atoms with Crippen molar-refractivity contribution in [1.29, 1.82) is 0 Å². The minimum absolute atomic E-state index is 0.366. The van der Waals surface area contributed by atoms with Gasteiger partial charge in [0.2, 0.25) is 5.75 Å². The van der Waals surface area contributed by atoms with Crippen molar-refractivity contribution in [3.8, 4) is 17.2 Å². The van der Waals surface area contributed by atoms with Gasteiger partial charge in [0.25, 0.3) is 0 Å². The van der Waals surface area contributed by atoms with Gasteiger partial charge in [0, 0.05) is 12.6 Å². The molecular formula is C14H21NO4. The van der Waals surface area contributed by atoms with Crippen LogP contribution in [-0.2, 0) is 4.74 Å². The predicted octanol–water partition coefficient (Wildman–Crippen LogP) is 1.46. The first-order chi connectivity index (χ1) is 9.35. The summed E-state index contributed by atoms with van der Waals surface area (Å²) < 4.78 is 21.7. The molecule has 1 atom stereocenters. The minimum atomic E-state index is 0.366. The maximum absolute atomic E-state index is 5.77. The fourth-order valence-electron chi connectivity index (χ4n) is 2.09. The van der Waals surface area contributed by atoms with E-state index in [9.17, 15) is 0 Å². The zero-order valence-electron chi connectivity index (χ0n) is 11.5. The Kier molecular flexibility index (Phi) is 5.30. The van der Waals surface area contributed by atoms with E-state index < -0.39 is 0 Å². The van der Waals surface area contributed by atoms with Gasteiger partial charge in [0.1, 0.15) is 0 Å². The Labute approximate surface area is 113 Å². The van der Waals surface area contributed by atoms with E-state index >= 15 is 0 Å². The van der Waals surface area contributed by atoms with Crippen LogP contribution in [0.5, 0.6) is 17.2 Å². The molecule has 106 valence electrons. The molecule has 5 heteroatoms. The highest BCUT2D eigenvalue weighted by Crippen LogP contribution is 2.36. The van der Waals surface area contributed by atoms with Gasteiger partial charge in [-0.3, -0.25) is 0 Å². The number of hydrogen-bond acceptors (Lipinski definition) is 5. The lowest BCUT2D eigenvalue weighted by Crippen LogP contribution is -2.41. The lowest BCUT2D eigenvalue weighted by molar-refractivity contribution is 0.0689. The van der Waals surface area contributed by atoms with Crippen molar-refractivity contribution in [3.63, 3.8) is 0 Å². The van der Waals surface area contributed by atoms with Crippen LogP contribution in [0.2, 0.25) is 0 Å². The monoisotopic (exact) mass is 267 g/mol. The van der Waals surface area contributed by atoms with E-state index in [1.165, 1.54) is 0 Å². The summed E-state index contributed by atoms with van der Waals surface area (Å²) in [6, 6.07) is 5.98. The smallest absolute Gasteiger partial charge is 0.203 e. The Morgan fingerprint density at radius 1 is 1.26 bits per heavy atom. The number of methoxy groups -OCH3 is 2. The van der Waals surface area contributed by atoms with Crippen LogP contribution in [0.4, 0.5) is 0 Å². The van der Waals surface area contributed by atoms with Gasteiger partial charge in [-0.05, 0) is 18.6 Å². The molecule has 0 aromatic heterocycles. The summed E-state index contributed by atoms with van der Waals surface area (Å²) in [4.78, 5) is 0. The van der Waals surface area contributed by atoms with Gasteiger partial charge in [-0.2, -0.15) is 0 Å². The highest BCUT2D eigenvalue weighted by molar-refractivity contribution is 5.50. The number of ether oxygens (including phenoxy) is 4. The number of para-hydroxylation sites is 1. The van der Waals surface area contributed by atoms with Gasteiger partial charge < -0.3 is 24.3 Å². The molecule has 1 aliphatic heterocycles. The zero-order chi connectivity index (χ0) is 13.5. The first kappa shape index (κ1) is 14.0. The summed E-state index contributed by atoms with van der Waals surface area (Å²) in [5.41, 5.74) is 0. The van der Waals surface area contributed by atoms with Crippen molar-refractivity contribution in [2.24, 2.45) is 0 Å². The second-order valence-electron chi connectivity index (χ2n) is 4.35. The highest BCUT2D eigenvalue weighted by atomic mass is 16.5. The van der Waals surface area contributed by atoms with Gasteiger partial charge in [-0.1, -0.05) is 6.07 Å². The van der Waals surface area contributed by atoms with Crippen molar-refractivity contribution in [2.45, 2.75) is 12.5 Å². The largest absolute Gasteiger partial charge is 0.493 e. The normalized spacial score (nSPS) is 18.9. The van der Waals surface area contributed by atoms with Crippen LogP contribution in [0.15, 0.2) is 18.2 Å². The molecule has 1 N–H and O–H groups in total. The van der Waals surface area contributed by atoms with Crippen LogP contribution < -0.4 is 19.5 Å². The summed E-state index contributed by atoms with van der Waals surface area (Å²) in [5, 5.41) is 3.40. The molecule has 1 unspecified atom stereocenters. The Morgan fingerprint density at radius 2 is 2.11 bits per heavy atom. The first-order valence-corrected chi connectivity index (χ1v) is 6.50. The van der Waals surface area contributed by atoms with Crippen LogP contribution in [0, 0.1) is 0 Å². The molecule has 0 bridgehead atoms. The lowest BCUT2D eigenvalue weighted by Gasteiger charge is -2.23. The first-order valence-electron chi connectivity index (χ1n) is 6.50. The number of hydrogen-bond donors (Lipinski definition) is 1. The molecule has 0 radical (unpaired) electrons. The molecule has 1 fully saturated rings. The third kappa shape index (κ3) is 3.75. The van der Waals surface area contributed by atoms with E-state index in [0.717, 1.165) is 26.2 Å². The number of benzene rings is 1. The molecule has 1 saturated heterocycles. The van der Waals surface area contributed by atoms with Crippen molar-refractivity contribution in [3.05, 3.63) is 18.2 Å². The molecule has 2 rings (SSSR count). The Bertz CT molecular complexity index is 391. The SMILES string of the molecule is COc1cccc(OCCC2COCCN2)c1OC. The summed E-state index contributed by atoms with van der Waals surface area (Å²) in [5.74, 6) is 2.02. The second kappa shape index (κ2) is 7.21. The number of rotatable bonds is 6. The molecule has 1 aliphatic rings. The van der Waals surface area contributed by atoms with E-state index in [4.69, 9.17) is 18.9 Å². The van der Waals surface area contributed by atoms with Crippen LogP contribution in [0.25, 0.3) is 0 Å². The van der Waals surface area contributed by atoms with Gasteiger partial charge in [0.15, 0.2) is 11.5 Å². The van der Waals surface area contributed by atoms with Gasteiger partial charge >= 0.3 is 0 Å². The van der Waals surface area contributed by atoms with E-state index in [0.29, 0.717) is 29.9 Å².